The van der Waals surface area contributed by atoms with Gasteiger partial charge in [-0.25, -0.2) is 4.90 Å². The largest absolute Gasteiger partial charge is 0.495 e. The summed E-state index contributed by atoms with van der Waals surface area (Å²) in [6.07, 6.45) is 0. The third-order valence-corrected chi connectivity index (χ3v) is 4.84. The van der Waals surface area contributed by atoms with E-state index in [-0.39, 0.29) is 11.3 Å². The average molecular weight is 405 g/mol. The lowest BCUT2D eigenvalue weighted by atomic mass is 10.0. The summed E-state index contributed by atoms with van der Waals surface area (Å²) in [5, 5.41) is 3.66. The average Bonchev–Trinajstić information content (AvgIpc) is 2.99. The molecule has 1 aliphatic heterocycles. The van der Waals surface area contributed by atoms with Crippen LogP contribution in [-0.4, -0.2) is 18.9 Å². The number of amides is 2. The topological polar surface area (TPSA) is 58.6 Å². The minimum absolute atomic E-state index is 0.203. The summed E-state index contributed by atoms with van der Waals surface area (Å²) in [4.78, 5) is 27.9. The molecule has 2 amide bonds. The molecule has 1 heterocycles. The van der Waals surface area contributed by atoms with E-state index in [9.17, 15) is 9.59 Å². The molecular formula is C23H17ClN2O3. The van der Waals surface area contributed by atoms with Crippen molar-refractivity contribution in [2.24, 2.45) is 0 Å². The Bertz CT molecular complexity index is 1110. The molecule has 1 N–H and O–H groups in total. The summed E-state index contributed by atoms with van der Waals surface area (Å²) >= 11 is 6.00. The molecule has 144 valence electrons. The van der Waals surface area contributed by atoms with Crippen LogP contribution >= 0.6 is 11.6 Å². The Morgan fingerprint density at radius 2 is 1.48 bits per heavy atom. The van der Waals surface area contributed by atoms with Crippen LogP contribution in [0.4, 0.5) is 11.4 Å². The van der Waals surface area contributed by atoms with Crippen molar-refractivity contribution in [3.8, 4) is 5.75 Å². The monoisotopic (exact) mass is 404 g/mol. The number of nitrogens with one attached hydrogen (secondary N) is 1. The fraction of sp³-hybridized carbons (Fsp3) is 0.0435. The molecule has 0 atom stereocenters. The van der Waals surface area contributed by atoms with Gasteiger partial charge in [-0.1, -0.05) is 54.1 Å². The summed E-state index contributed by atoms with van der Waals surface area (Å²) in [6, 6.07) is 23.0. The van der Waals surface area contributed by atoms with Crippen molar-refractivity contribution in [2.75, 3.05) is 17.3 Å². The molecule has 0 unspecified atom stereocenters. The SMILES string of the molecule is COc1ccccc1N1C(=O)C(Nc2ccccc2)=C(c2ccc(Cl)cc2)C1=O. The predicted octanol–water partition coefficient (Wildman–Crippen LogP) is 4.75. The van der Waals surface area contributed by atoms with Crippen LogP contribution in [0.15, 0.2) is 84.6 Å². The Morgan fingerprint density at radius 1 is 0.828 bits per heavy atom. The molecule has 0 radical (unpaired) electrons. The number of hydrogen-bond donors (Lipinski definition) is 1. The van der Waals surface area contributed by atoms with Crippen LogP contribution < -0.4 is 15.0 Å². The van der Waals surface area contributed by atoms with Gasteiger partial charge in [0.15, 0.2) is 0 Å². The molecule has 3 aromatic carbocycles. The Balaban J connectivity index is 1.84. The van der Waals surface area contributed by atoms with E-state index < -0.39 is 11.8 Å². The third kappa shape index (κ3) is 3.48. The molecule has 29 heavy (non-hydrogen) atoms. The van der Waals surface area contributed by atoms with E-state index in [2.05, 4.69) is 5.32 Å². The molecular weight excluding hydrogens is 388 g/mol. The molecule has 1 aliphatic rings. The van der Waals surface area contributed by atoms with Crippen LogP contribution in [0.2, 0.25) is 5.02 Å². The maximum Gasteiger partial charge on any atom is 0.282 e. The molecule has 5 nitrogen and oxygen atoms in total. The van der Waals surface area contributed by atoms with E-state index in [4.69, 9.17) is 16.3 Å². The normalized spacial score (nSPS) is 13.8. The van der Waals surface area contributed by atoms with E-state index in [1.807, 2.05) is 30.3 Å². The fourth-order valence-electron chi connectivity index (χ4n) is 3.23. The number of rotatable bonds is 5. The summed E-state index contributed by atoms with van der Waals surface area (Å²) < 4.78 is 5.36. The van der Waals surface area contributed by atoms with Crippen LogP contribution in [-0.2, 0) is 9.59 Å². The molecule has 0 aliphatic carbocycles. The predicted molar refractivity (Wildman–Crippen MR) is 114 cm³/mol. The van der Waals surface area contributed by atoms with Crippen molar-refractivity contribution in [1.82, 2.24) is 0 Å². The van der Waals surface area contributed by atoms with Crippen molar-refractivity contribution in [1.29, 1.82) is 0 Å². The van der Waals surface area contributed by atoms with Gasteiger partial charge in [-0.05, 0) is 42.0 Å². The lowest BCUT2D eigenvalue weighted by molar-refractivity contribution is -0.120. The molecule has 0 fully saturated rings. The minimum Gasteiger partial charge on any atom is -0.495 e. The first-order valence-corrected chi connectivity index (χ1v) is 9.32. The maximum absolute atomic E-state index is 13.4. The quantitative estimate of drug-likeness (QED) is 0.624. The molecule has 6 heteroatoms. The summed E-state index contributed by atoms with van der Waals surface area (Å²) in [5.41, 5.74) is 2.18. The van der Waals surface area contributed by atoms with Crippen molar-refractivity contribution in [3.63, 3.8) is 0 Å². The van der Waals surface area contributed by atoms with Gasteiger partial charge in [-0.15, -0.1) is 0 Å². The van der Waals surface area contributed by atoms with Crippen LogP contribution in [0.5, 0.6) is 5.75 Å². The van der Waals surface area contributed by atoms with Crippen LogP contribution in [0.1, 0.15) is 5.56 Å². The Morgan fingerprint density at radius 3 is 2.17 bits per heavy atom. The van der Waals surface area contributed by atoms with Gasteiger partial charge in [0, 0.05) is 10.7 Å². The zero-order valence-corrected chi connectivity index (χ0v) is 16.3. The van der Waals surface area contributed by atoms with Gasteiger partial charge in [0.25, 0.3) is 11.8 Å². The number of halogens is 1. The Hall–Kier alpha value is -3.57. The van der Waals surface area contributed by atoms with Crippen LogP contribution in [0.3, 0.4) is 0 Å². The molecule has 0 bridgehead atoms. The van der Waals surface area contributed by atoms with E-state index in [1.165, 1.54) is 7.11 Å². The standard InChI is InChI=1S/C23H17ClN2O3/c1-29-19-10-6-5-9-18(19)26-22(27)20(15-11-13-16(24)14-12-15)21(23(26)28)25-17-7-3-2-4-8-17/h2-14,25H,1H3. The van der Waals surface area contributed by atoms with E-state index in [0.29, 0.717) is 27.7 Å². The maximum atomic E-state index is 13.4. The van der Waals surface area contributed by atoms with Crippen molar-refractivity contribution >= 4 is 40.4 Å². The molecule has 3 aromatic rings. The van der Waals surface area contributed by atoms with Gasteiger partial charge in [-0.2, -0.15) is 0 Å². The molecule has 0 spiro atoms. The second-order valence-corrected chi connectivity index (χ2v) is 6.80. The highest BCUT2D eigenvalue weighted by atomic mass is 35.5. The van der Waals surface area contributed by atoms with Gasteiger partial charge in [0.2, 0.25) is 0 Å². The zero-order chi connectivity index (χ0) is 20.4. The summed E-state index contributed by atoms with van der Waals surface area (Å²) in [6.45, 7) is 0. The van der Waals surface area contributed by atoms with Crippen molar-refractivity contribution < 1.29 is 14.3 Å². The molecule has 4 rings (SSSR count). The number of hydrogen-bond acceptors (Lipinski definition) is 4. The molecule has 0 saturated carbocycles. The first kappa shape index (κ1) is 18.8. The van der Waals surface area contributed by atoms with E-state index >= 15 is 0 Å². The number of carbonyl (C=O) groups is 2. The molecule has 0 saturated heterocycles. The van der Waals surface area contributed by atoms with Crippen LogP contribution in [0, 0.1) is 0 Å². The number of methoxy groups -OCH3 is 1. The van der Waals surface area contributed by atoms with E-state index in [0.717, 1.165) is 4.90 Å². The highest BCUT2D eigenvalue weighted by molar-refractivity contribution is 6.46. The van der Waals surface area contributed by atoms with Crippen molar-refractivity contribution in [3.05, 3.63) is 95.1 Å². The second-order valence-electron chi connectivity index (χ2n) is 6.37. The first-order chi connectivity index (χ1) is 14.1. The number of imide groups is 1. The fourth-order valence-corrected chi connectivity index (χ4v) is 3.36. The summed E-state index contributed by atoms with van der Waals surface area (Å²) in [5.74, 6) is -0.445. The number of anilines is 2. The lowest BCUT2D eigenvalue weighted by Gasteiger charge is -2.18. The summed E-state index contributed by atoms with van der Waals surface area (Å²) in [7, 11) is 1.50. The van der Waals surface area contributed by atoms with Crippen molar-refractivity contribution in [2.45, 2.75) is 0 Å². The minimum atomic E-state index is -0.451. The molecule has 0 aromatic heterocycles. The zero-order valence-electron chi connectivity index (χ0n) is 15.6. The van der Waals surface area contributed by atoms with Gasteiger partial charge in [0.05, 0.1) is 18.4 Å². The lowest BCUT2D eigenvalue weighted by Crippen LogP contribution is -2.32. The van der Waals surface area contributed by atoms with Gasteiger partial charge in [0.1, 0.15) is 11.4 Å². The first-order valence-electron chi connectivity index (χ1n) is 8.94. The number of carbonyl (C=O) groups excluding carboxylic acids is 2. The number of ether oxygens (including phenoxy) is 1. The Labute approximate surface area is 173 Å². The number of nitrogens with zero attached hydrogens (tertiary/aromatic N) is 1. The smallest absolute Gasteiger partial charge is 0.282 e. The highest BCUT2D eigenvalue weighted by Gasteiger charge is 2.41. The van der Waals surface area contributed by atoms with E-state index in [1.54, 1.807) is 48.5 Å². The number of para-hydroxylation sites is 3. The van der Waals surface area contributed by atoms with Gasteiger partial charge < -0.3 is 10.1 Å². The number of benzene rings is 3. The van der Waals surface area contributed by atoms with Gasteiger partial charge in [-0.3, -0.25) is 9.59 Å². The van der Waals surface area contributed by atoms with Gasteiger partial charge >= 0.3 is 0 Å². The Kier molecular flexibility index (Phi) is 5.06. The second kappa shape index (κ2) is 7.81. The highest BCUT2D eigenvalue weighted by Crippen LogP contribution is 2.37. The van der Waals surface area contributed by atoms with Crippen LogP contribution in [0.25, 0.3) is 5.57 Å². The third-order valence-electron chi connectivity index (χ3n) is 4.59.